The Morgan fingerprint density at radius 2 is 1.91 bits per heavy atom. The maximum Gasteiger partial charge on any atom is 0.238 e. The lowest BCUT2D eigenvalue weighted by Gasteiger charge is -2.44. The number of rotatable bonds is 7. The topological polar surface area (TPSA) is 67.4 Å². The van der Waals surface area contributed by atoms with Gasteiger partial charge < -0.3 is 15.4 Å². The first-order chi connectivity index (χ1) is 15.8. The fraction of sp³-hybridized carbons (Fsp3) is 0.440. The monoisotopic (exact) mass is 576 g/mol. The van der Waals surface area contributed by atoms with E-state index in [-0.39, 0.29) is 28.3 Å². The van der Waals surface area contributed by atoms with E-state index >= 15 is 0 Å². The van der Waals surface area contributed by atoms with Gasteiger partial charge in [0.05, 0.1) is 12.1 Å². The van der Waals surface area contributed by atoms with Crippen LogP contribution in [0.15, 0.2) is 36.4 Å². The Morgan fingerprint density at radius 3 is 2.61 bits per heavy atom. The molecule has 2 heterocycles. The van der Waals surface area contributed by atoms with E-state index in [4.69, 9.17) is 24.2 Å². The molecule has 0 aromatic heterocycles. The first kappa shape index (κ1) is 24.4. The number of benzene rings is 2. The largest absolute Gasteiger partial charge is 0.490 e. The Bertz CT molecular complexity index is 1080. The zero-order valence-corrected chi connectivity index (χ0v) is 21.7. The van der Waals surface area contributed by atoms with Crippen molar-refractivity contribution >= 4 is 65.0 Å². The molecule has 172 valence electrons. The van der Waals surface area contributed by atoms with Gasteiger partial charge in [-0.15, -0.1) is 0 Å². The van der Waals surface area contributed by atoms with Gasteiger partial charge in [0.25, 0.3) is 0 Å². The molecule has 2 aromatic carbocycles. The van der Waals surface area contributed by atoms with Gasteiger partial charge in [-0.25, -0.2) is 0 Å². The van der Waals surface area contributed by atoms with Crippen LogP contribution >= 0.6 is 34.2 Å². The summed E-state index contributed by atoms with van der Waals surface area (Å²) >= 11 is 8.45. The highest BCUT2D eigenvalue weighted by Gasteiger charge is 2.60. The van der Waals surface area contributed by atoms with E-state index in [9.17, 15) is 9.59 Å². The molecule has 2 aliphatic rings. The Balaban J connectivity index is 1.87. The summed E-state index contributed by atoms with van der Waals surface area (Å²) in [6.45, 7) is 4.27. The van der Waals surface area contributed by atoms with Crippen molar-refractivity contribution in [1.29, 1.82) is 0 Å². The minimum Gasteiger partial charge on any atom is -0.490 e. The van der Waals surface area contributed by atoms with Gasteiger partial charge in [-0.1, -0.05) is 84.5 Å². The molecule has 2 aliphatic heterocycles. The molecule has 0 saturated carbocycles. The van der Waals surface area contributed by atoms with Crippen molar-refractivity contribution in [2.75, 3.05) is 5.32 Å². The highest BCUT2D eigenvalue weighted by atomic mass is 127. The molecule has 1 fully saturated rings. The number of piperidine rings is 1. The molecular weight excluding hydrogens is 549 g/mol. The lowest BCUT2D eigenvalue weighted by molar-refractivity contribution is -0.129. The predicted molar refractivity (Wildman–Crippen MR) is 141 cm³/mol. The number of ether oxygens (including phenoxy) is 1. The predicted octanol–water partition coefficient (Wildman–Crippen LogP) is 4.74. The second-order valence-corrected chi connectivity index (χ2v) is 10.7. The summed E-state index contributed by atoms with van der Waals surface area (Å²) in [5.41, 5.74) is 1.77. The number of hydrogen-bond acceptors (Lipinski definition) is 3. The molecule has 3 atom stereocenters. The van der Waals surface area contributed by atoms with Gasteiger partial charge >= 0.3 is 0 Å². The standard InChI is InChI=1S/C25H27BClIN2O3/c1-3-5-16(6-4-2)33-20-10-7-14(26)11-17(20)23-25(21(28)13-22(31)30-23)18-9-8-15(27)12-19(18)29-24(25)32/h7-12,16,21,23H,3-6,13H2,1-2H3,(H,29,32)(H,30,31)/t21-,23-,25+/m1/s1. The highest BCUT2D eigenvalue weighted by Crippen LogP contribution is 2.54. The molecule has 2 N–H and O–H groups in total. The highest BCUT2D eigenvalue weighted by molar-refractivity contribution is 14.1. The number of hydrogen-bond donors (Lipinski definition) is 2. The molecule has 1 spiro atoms. The van der Waals surface area contributed by atoms with Crippen LogP contribution in [0.3, 0.4) is 0 Å². The van der Waals surface area contributed by atoms with Gasteiger partial charge in [0, 0.05) is 26.6 Å². The van der Waals surface area contributed by atoms with E-state index in [2.05, 4.69) is 47.1 Å². The van der Waals surface area contributed by atoms with E-state index in [0.717, 1.165) is 36.8 Å². The summed E-state index contributed by atoms with van der Waals surface area (Å²) in [6.07, 6.45) is 4.15. The molecule has 2 aromatic rings. The second kappa shape index (κ2) is 9.86. The van der Waals surface area contributed by atoms with Gasteiger partial charge in [0.15, 0.2) is 0 Å². The summed E-state index contributed by atoms with van der Waals surface area (Å²) in [6, 6.07) is 10.3. The van der Waals surface area contributed by atoms with Gasteiger partial charge in [-0.3, -0.25) is 9.59 Å². The van der Waals surface area contributed by atoms with Crippen LogP contribution in [0.2, 0.25) is 5.02 Å². The molecule has 0 aliphatic carbocycles. The van der Waals surface area contributed by atoms with Crippen molar-refractivity contribution in [3.63, 3.8) is 0 Å². The van der Waals surface area contributed by atoms with Crippen LogP contribution in [-0.2, 0) is 15.0 Å². The Labute approximate surface area is 214 Å². The van der Waals surface area contributed by atoms with E-state index < -0.39 is 11.5 Å². The van der Waals surface area contributed by atoms with Crippen LogP contribution in [-0.4, -0.2) is 29.7 Å². The van der Waals surface area contributed by atoms with Gasteiger partial charge in [-0.05, 0) is 36.6 Å². The third-order valence-corrected chi connectivity index (χ3v) is 8.19. The number of alkyl halides is 1. The fourth-order valence-electron chi connectivity index (χ4n) is 5.07. The normalized spacial score (nSPS) is 24.0. The van der Waals surface area contributed by atoms with Crippen LogP contribution in [0, 0.1) is 0 Å². The minimum absolute atomic E-state index is 0.0523. The number of carbonyl (C=O) groups is 2. The number of carbonyl (C=O) groups excluding carboxylic acids is 2. The van der Waals surface area contributed by atoms with Crippen molar-refractivity contribution < 1.29 is 14.3 Å². The summed E-state index contributed by atoms with van der Waals surface area (Å²) in [5, 5.41) is 6.67. The molecule has 5 nitrogen and oxygen atoms in total. The van der Waals surface area contributed by atoms with E-state index in [1.807, 2.05) is 18.2 Å². The first-order valence-electron chi connectivity index (χ1n) is 11.4. The molecule has 8 heteroatoms. The molecule has 0 unspecified atom stereocenters. The molecular formula is C25H27BClIN2O3. The van der Waals surface area contributed by atoms with E-state index in [0.29, 0.717) is 21.9 Å². The number of fused-ring (bicyclic) bond motifs is 2. The number of halogens is 2. The molecule has 2 radical (unpaired) electrons. The zero-order valence-electron chi connectivity index (χ0n) is 18.8. The lowest BCUT2D eigenvalue weighted by atomic mass is 9.67. The minimum atomic E-state index is -1.01. The van der Waals surface area contributed by atoms with E-state index in [1.165, 1.54) is 0 Å². The van der Waals surface area contributed by atoms with Crippen molar-refractivity contribution in [1.82, 2.24) is 5.32 Å². The molecule has 2 amide bonds. The van der Waals surface area contributed by atoms with Crippen molar-refractivity contribution in [2.45, 2.75) is 67.4 Å². The Morgan fingerprint density at radius 1 is 1.18 bits per heavy atom. The average molecular weight is 577 g/mol. The number of nitrogens with one attached hydrogen (secondary N) is 2. The van der Waals surface area contributed by atoms with Crippen LogP contribution in [0.1, 0.15) is 63.1 Å². The fourth-order valence-corrected chi connectivity index (χ4v) is 6.62. The smallest absolute Gasteiger partial charge is 0.238 e. The quantitative estimate of drug-likeness (QED) is 0.285. The second-order valence-electron chi connectivity index (χ2n) is 8.80. The molecule has 33 heavy (non-hydrogen) atoms. The lowest BCUT2D eigenvalue weighted by Crippen LogP contribution is -2.58. The molecule has 4 rings (SSSR count). The van der Waals surface area contributed by atoms with Crippen LogP contribution in [0.4, 0.5) is 5.69 Å². The summed E-state index contributed by atoms with van der Waals surface area (Å²) in [7, 11) is 6.20. The van der Waals surface area contributed by atoms with Crippen molar-refractivity contribution in [3.8, 4) is 5.75 Å². The maximum atomic E-state index is 13.7. The van der Waals surface area contributed by atoms with Crippen molar-refractivity contribution in [3.05, 3.63) is 52.5 Å². The summed E-state index contributed by atoms with van der Waals surface area (Å²) in [4.78, 5) is 26.4. The van der Waals surface area contributed by atoms with Crippen LogP contribution in [0.25, 0.3) is 0 Å². The van der Waals surface area contributed by atoms with Gasteiger partial charge in [-0.2, -0.15) is 0 Å². The molecule has 0 bridgehead atoms. The van der Waals surface area contributed by atoms with Crippen molar-refractivity contribution in [2.24, 2.45) is 0 Å². The van der Waals surface area contributed by atoms with Gasteiger partial charge in [0.2, 0.25) is 11.8 Å². The number of amides is 2. The Hall–Kier alpha value is -1.74. The number of anilines is 1. The van der Waals surface area contributed by atoms with E-state index in [1.54, 1.807) is 18.2 Å². The maximum absolute atomic E-state index is 13.7. The summed E-state index contributed by atoms with van der Waals surface area (Å²) in [5.74, 6) is 0.393. The van der Waals surface area contributed by atoms with Crippen LogP contribution < -0.4 is 20.8 Å². The SMILES string of the molecule is [B]c1ccc(OC(CCC)CCC)c([C@H]2NC(=O)C[C@@H](I)[C@]23C(=O)Nc2cc(Cl)ccc23)c1. The third kappa shape index (κ3) is 4.38. The van der Waals surface area contributed by atoms with Crippen LogP contribution in [0.5, 0.6) is 5.75 Å². The molecule has 1 saturated heterocycles. The average Bonchev–Trinajstić information content (AvgIpc) is 3.04. The third-order valence-electron chi connectivity index (χ3n) is 6.53. The zero-order chi connectivity index (χ0) is 23.8. The summed E-state index contributed by atoms with van der Waals surface area (Å²) < 4.78 is 6.22. The first-order valence-corrected chi connectivity index (χ1v) is 13.0. The van der Waals surface area contributed by atoms with Gasteiger partial charge in [0.1, 0.15) is 19.0 Å². The Kier molecular flexibility index (Phi) is 7.29.